The first-order chi connectivity index (χ1) is 5.59. The predicted octanol–water partition coefficient (Wildman–Crippen LogP) is 0.458. The van der Waals surface area contributed by atoms with Gasteiger partial charge in [0.1, 0.15) is 6.04 Å². The van der Waals surface area contributed by atoms with Crippen LogP contribution in [0.4, 0.5) is 0 Å². The molecule has 0 saturated heterocycles. The van der Waals surface area contributed by atoms with E-state index in [0.717, 1.165) is 0 Å². The van der Waals surface area contributed by atoms with E-state index in [0.29, 0.717) is 18.7 Å². The maximum absolute atomic E-state index is 11.2. The molecule has 0 unspecified atom stereocenters. The molecule has 1 heterocycles. The minimum Gasteiger partial charge on any atom is -0.461 e. The van der Waals surface area contributed by atoms with Crippen molar-refractivity contribution in [3.63, 3.8) is 0 Å². The van der Waals surface area contributed by atoms with Gasteiger partial charge in [0.2, 0.25) is 0 Å². The van der Waals surface area contributed by atoms with Gasteiger partial charge in [0.15, 0.2) is 0 Å². The van der Waals surface area contributed by atoms with Gasteiger partial charge in [-0.1, -0.05) is 0 Å². The molecule has 12 heavy (non-hydrogen) atoms. The number of nitrogens with two attached hydrogens (primary N) is 1. The van der Waals surface area contributed by atoms with E-state index in [1.165, 1.54) is 0 Å². The molecular formula is C8H14N2O2. The zero-order valence-corrected chi connectivity index (χ0v) is 7.41. The highest BCUT2D eigenvalue weighted by Crippen LogP contribution is 2.12. The number of nitrogens with zero attached hydrogens (tertiary/aromatic N) is 1. The lowest BCUT2D eigenvalue weighted by Crippen LogP contribution is -2.22. The molecular weight excluding hydrogens is 156 g/mol. The molecule has 1 atom stereocenters. The molecule has 4 nitrogen and oxygen atoms in total. The summed E-state index contributed by atoms with van der Waals surface area (Å²) < 4.78 is 4.98. The van der Waals surface area contributed by atoms with E-state index in [2.05, 4.69) is 4.99 Å². The molecule has 0 aliphatic carbocycles. The molecule has 0 spiro atoms. The van der Waals surface area contributed by atoms with Gasteiger partial charge in [-0.2, -0.15) is 0 Å². The zero-order valence-electron chi connectivity index (χ0n) is 7.41. The van der Waals surface area contributed by atoms with Crippen molar-refractivity contribution in [2.75, 3.05) is 0 Å². The van der Waals surface area contributed by atoms with E-state index in [1.807, 2.05) is 13.8 Å². The number of rotatable bonds is 2. The summed E-state index contributed by atoms with van der Waals surface area (Å²) in [6, 6.07) is -0.354. The fourth-order valence-corrected chi connectivity index (χ4v) is 1.10. The molecule has 0 fully saturated rings. The van der Waals surface area contributed by atoms with Gasteiger partial charge in [0.25, 0.3) is 0 Å². The molecule has 0 aromatic carbocycles. The lowest BCUT2D eigenvalue weighted by Gasteiger charge is -2.10. The fourth-order valence-electron chi connectivity index (χ4n) is 1.10. The molecule has 0 bridgehead atoms. The third kappa shape index (κ3) is 2.22. The average Bonchev–Trinajstić information content (AvgIpc) is 2.34. The highest BCUT2D eigenvalue weighted by Gasteiger charge is 2.24. The van der Waals surface area contributed by atoms with Crippen LogP contribution < -0.4 is 5.73 Å². The number of hydrogen-bond donors (Lipinski definition) is 1. The third-order valence-corrected chi connectivity index (χ3v) is 1.62. The standard InChI is InChI=1S/C8H14N2O2/c1-5(2)12-8(11)6-3-4-7(9)10-6/h5-6H,3-4H2,1-2H3,(H2,9,10)/t6-/m0/s1. The Morgan fingerprint density at radius 3 is 2.83 bits per heavy atom. The molecule has 0 amide bonds. The summed E-state index contributed by atoms with van der Waals surface area (Å²) in [5.74, 6) is 0.297. The van der Waals surface area contributed by atoms with Crippen LogP contribution in [0.25, 0.3) is 0 Å². The van der Waals surface area contributed by atoms with Crippen molar-refractivity contribution in [1.82, 2.24) is 0 Å². The first-order valence-electron chi connectivity index (χ1n) is 4.12. The second-order valence-corrected chi connectivity index (χ2v) is 3.16. The Morgan fingerprint density at radius 2 is 2.42 bits per heavy atom. The second kappa shape index (κ2) is 3.56. The SMILES string of the molecule is CC(C)OC(=O)[C@@H]1CCC(N)=N1. The highest BCUT2D eigenvalue weighted by molar-refractivity contribution is 5.88. The number of esters is 1. The van der Waals surface area contributed by atoms with Crippen LogP contribution in [-0.4, -0.2) is 24.0 Å². The topological polar surface area (TPSA) is 64.7 Å². The fraction of sp³-hybridized carbons (Fsp3) is 0.750. The number of hydrogen-bond acceptors (Lipinski definition) is 4. The van der Waals surface area contributed by atoms with Gasteiger partial charge in [-0.25, -0.2) is 4.79 Å². The first-order valence-corrected chi connectivity index (χ1v) is 4.12. The van der Waals surface area contributed by atoms with Gasteiger partial charge < -0.3 is 10.5 Å². The minimum absolute atomic E-state index is 0.0745. The van der Waals surface area contributed by atoms with Crippen molar-refractivity contribution >= 4 is 11.8 Å². The van der Waals surface area contributed by atoms with Crippen molar-refractivity contribution in [3.8, 4) is 0 Å². The average molecular weight is 170 g/mol. The van der Waals surface area contributed by atoms with Crippen LogP contribution in [0.5, 0.6) is 0 Å². The van der Waals surface area contributed by atoms with Gasteiger partial charge >= 0.3 is 5.97 Å². The van der Waals surface area contributed by atoms with Crippen molar-refractivity contribution in [2.45, 2.75) is 38.8 Å². The van der Waals surface area contributed by atoms with Crippen LogP contribution in [0.15, 0.2) is 4.99 Å². The third-order valence-electron chi connectivity index (χ3n) is 1.62. The Kier molecular flexibility index (Phi) is 2.68. The highest BCUT2D eigenvalue weighted by atomic mass is 16.5. The smallest absolute Gasteiger partial charge is 0.331 e. The Morgan fingerprint density at radius 1 is 1.75 bits per heavy atom. The van der Waals surface area contributed by atoms with Crippen molar-refractivity contribution < 1.29 is 9.53 Å². The van der Waals surface area contributed by atoms with Crippen LogP contribution in [-0.2, 0) is 9.53 Å². The monoisotopic (exact) mass is 170 g/mol. The number of carbonyl (C=O) groups is 1. The zero-order chi connectivity index (χ0) is 9.14. The van der Waals surface area contributed by atoms with Crippen LogP contribution >= 0.6 is 0 Å². The second-order valence-electron chi connectivity index (χ2n) is 3.16. The molecule has 0 aromatic rings. The Hall–Kier alpha value is -1.06. The van der Waals surface area contributed by atoms with Gasteiger partial charge in [-0.15, -0.1) is 0 Å². The van der Waals surface area contributed by atoms with Gasteiger partial charge in [0.05, 0.1) is 11.9 Å². The summed E-state index contributed by atoms with van der Waals surface area (Å²) in [6.07, 6.45) is 1.32. The summed E-state index contributed by atoms with van der Waals surface area (Å²) in [7, 11) is 0. The predicted molar refractivity (Wildman–Crippen MR) is 45.9 cm³/mol. The Labute approximate surface area is 71.8 Å². The number of amidine groups is 1. The maximum atomic E-state index is 11.2. The van der Waals surface area contributed by atoms with E-state index in [1.54, 1.807) is 0 Å². The van der Waals surface area contributed by atoms with Gasteiger partial charge in [-0.3, -0.25) is 4.99 Å². The van der Waals surface area contributed by atoms with Crippen molar-refractivity contribution in [2.24, 2.45) is 10.7 Å². The van der Waals surface area contributed by atoms with Crippen molar-refractivity contribution in [3.05, 3.63) is 0 Å². The van der Waals surface area contributed by atoms with E-state index in [4.69, 9.17) is 10.5 Å². The molecule has 0 saturated carbocycles. The van der Waals surface area contributed by atoms with Crippen molar-refractivity contribution in [1.29, 1.82) is 0 Å². The molecule has 0 radical (unpaired) electrons. The Balaban J connectivity index is 2.44. The van der Waals surface area contributed by atoms with Crippen LogP contribution in [0, 0.1) is 0 Å². The normalized spacial score (nSPS) is 22.6. The lowest BCUT2D eigenvalue weighted by atomic mass is 10.2. The number of aliphatic imine (C=N–C) groups is 1. The molecule has 1 rings (SSSR count). The van der Waals surface area contributed by atoms with Gasteiger partial charge in [0, 0.05) is 6.42 Å². The van der Waals surface area contributed by atoms with E-state index in [-0.39, 0.29) is 18.1 Å². The van der Waals surface area contributed by atoms with E-state index >= 15 is 0 Å². The number of carbonyl (C=O) groups excluding carboxylic acids is 1. The maximum Gasteiger partial charge on any atom is 0.331 e. The summed E-state index contributed by atoms with van der Waals surface area (Å²) in [4.78, 5) is 15.2. The number of ether oxygens (including phenoxy) is 1. The molecule has 1 aliphatic heterocycles. The summed E-state index contributed by atoms with van der Waals surface area (Å²) >= 11 is 0. The molecule has 0 aromatic heterocycles. The molecule has 4 heteroatoms. The molecule has 68 valence electrons. The van der Waals surface area contributed by atoms with Crippen LogP contribution in [0.3, 0.4) is 0 Å². The summed E-state index contributed by atoms with van der Waals surface area (Å²) in [6.45, 7) is 3.64. The summed E-state index contributed by atoms with van der Waals surface area (Å²) in [5, 5.41) is 0. The van der Waals surface area contributed by atoms with E-state index < -0.39 is 0 Å². The lowest BCUT2D eigenvalue weighted by molar-refractivity contribution is -0.148. The van der Waals surface area contributed by atoms with Crippen LogP contribution in [0.2, 0.25) is 0 Å². The quantitative estimate of drug-likeness (QED) is 0.612. The van der Waals surface area contributed by atoms with E-state index in [9.17, 15) is 4.79 Å². The molecule has 2 N–H and O–H groups in total. The van der Waals surface area contributed by atoms with Gasteiger partial charge in [-0.05, 0) is 20.3 Å². The Bertz CT molecular complexity index is 211. The molecule has 1 aliphatic rings. The van der Waals surface area contributed by atoms with Crippen LogP contribution in [0.1, 0.15) is 26.7 Å². The minimum atomic E-state index is -0.354. The first kappa shape index (κ1) is 9.03. The largest absolute Gasteiger partial charge is 0.461 e. The summed E-state index contributed by atoms with van der Waals surface area (Å²) in [5.41, 5.74) is 5.44.